The molecule has 1 aromatic rings. The summed E-state index contributed by atoms with van der Waals surface area (Å²) in [7, 11) is 2.24. The third-order valence-corrected chi connectivity index (χ3v) is 5.59. The zero-order valence-electron chi connectivity index (χ0n) is 15.0. The molecule has 0 spiro atoms. The Morgan fingerprint density at radius 2 is 1.79 bits per heavy atom. The number of fused-ring (bicyclic) bond motifs is 1. The quantitative estimate of drug-likeness (QED) is 0.815. The average Bonchev–Trinajstić information content (AvgIpc) is 3.04. The molecule has 2 aliphatic heterocycles. The van der Waals surface area contributed by atoms with E-state index in [1.807, 2.05) is 4.90 Å². The number of halogens is 1. The monoisotopic (exact) mass is 351 g/mol. The van der Waals surface area contributed by atoms with E-state index in [-0.39, 0.29) is 18.3 Å². The lowest BCUT2D eigenvalue weighted by Gasteiger charge is -2.27. The molecular weight excluding hydrogens is 322 g/mol. The van der Waals surface area contributed by atoms with E-state index in [1.54, 1.807) is 0 Å². The van der Waals surface area contributed by atoms with Crippen LogP contribution in [0.15, 0.2) is 30.3 Å². The van der Waals surface area contributed by atoms with Gasteiger partial charge in [0.15, 0.2) is 0 Å². The van der Waals surface area contributed by atoms with Crippen molar-refractivity contribution < 1.29 is 4.79 Å². The van der Waals surface area contributed by atoms with Crippen molar-refractivity contribution in [3.63, 3.8) is 0 Å². The van der Waals surface area contributed by atoms with Gasteiger partial charge in [0.1, 0.15) is 0 Å². The minimum atomic E-state index is 0. The first kappa shape index (κ1) is 19.2. The highest BCUT2D eigenvalue weighted by Gasteiger charge is 2.46. The summed E-state index contributed by atoms with van der Waals surface area (Å²) in [5.41, 5.74) is 1.42. The molecule has 5 heteroatoms. The van der Waals surface area contributed by atoms with Crippen molar-refractivity contribution in [2.45, 2.75) is 19.9 Å². The van der Waals surface area contributed by atoms with Crippen molar-refractivity contribution in [3.8, 4) is 0 Å². The van der Waals surface area contributed by atoms with E-state index < -0.39 is 0 Å². The molecule has 0 aliphatic carbocycles. The average molecular weight is 352 g/mol. The molecule has 0 N–H and O–H groups in total. The van der Waals surface area contributed by atoms with Gasteiger partial charge in [0, 0.05) is 38.8 Å². The Balaban J connectivity index is 0.00000208. The Hall–Kier alpha value is -1.10. The standard InChI is InChI=1S/C19H29N3O.ClH/c1-4-22(5-2)18(23)14-21-12-16-11-20(3)19(17(16)13-21)15-9-7-6-8-10-15;/h6-10,16-17,19H,4-5,11-14H2,1-3H3;1H/t16-,17+,19-;/m0./s1. The van der Waals surface area contributed by atoms with Crippen molar-refractivity contribution >= 4 is 18.3 Å². The Bertz CT molecular complexity index is 535. The molecule has 4 nitrogen and oxygen atoms in total. The van der Waals surface area contributed by atoms with E-state index in [0.29, 0.717) is 24.4 Å². The summed E-state index contributed by atoms with van der Waals surface area (Å²) in [5.74, 6) is 1.61. The molecule has 0 unspecified atom stereocenters. The second-order valence-electron chi connectivity index (χ2n) is 6.98. The van der Waals surface area contributed by atoms with Crippen LogP contribution in [0.25, 0.3) is 0 Å². The van der Waals surface area contributed by atoms with Gasteiger partial charge in [0.05, 0.1) is 6.54 Å². The van der Waals surface area contributed by atoms with Gasteiger partial charge in [-0.1, -0.05) is 30.3 Å². The molecule has 134 valence electrons. The molecule has 3 rings (SSSR count). The third-order valence-electron chi connectivity index (χ3n) is 5.59. The molecular formula is C19H30ClN3O. The fraction of sp³-hybridized carbons (Fsp3) is 0.632. The van der Waals surface area contributed by atoms with Crippen LogP contribution < -0.4 is 0 Å². The molecule has 2 saturated heterocycles. The number of likely N-dealkylation sites (N-methyl/N-ethyl adjacent to an activating group) is 1. The molecule has 1 aromatic carbocycles. The van der Waals surface area contributed by atoms with Crippen LogP contribution in [0.3, 0.4) is 0 Å². The Kier molecular flexibility index (Phi) is 6.67. The molecule has 0 bridgehead atoms. The minimum Gasteiger partial charge on any atom is -0.342 e. The first-order valence-electron chi connectivity index (χ1n) is 8.89. The predicted octanol–water partition coefficient (Wildman–Crippen LogP) is 2.51. The largest absolute Gasteiger partial charge is 0.342 e. The molecule has 1 amide bonds. The van der Waals surface area contributed by atoms with E-state index in [0.717, 1.165) is 32.7 Å². The van der Waals surface area contributed by atoms with Crippen LogP contribution in [0.1, 0.15) is 25.5 Å². The van der Waals surface area contributed by atoms with E-state index in [2.05, 4.69) is 61.0 Å². The van der Waals surface area contributed by atoms with E-state index in [4.69, 9.17) is 0 Å². The molecule has 2 heterocycles. The molecule has 2 fully saturated rings. The van der Waals surface area contributed by atoms with E-state index >= 15 is 0 Å². The van der Waals surface area contributed by atoms with Gasteiger partial charge in [-0.2, -0.15) is 0 Å². The van der Waals surface area contributed by atoms with Gasteiger partial charge < -0.3 is 4.90 Å². The molecule has 2 aliphatic rings. The maximum Gasteiger partial charge on any atom is 0.236 e. The molecule has 24 heavy (non-hydrogen) atoms. The normalized spacial score (nSPS) is 26.9. The second-order valence-corrected chi connectivity index (χ2v) is 6.98. The van der Waals surface area contributed by atoms with Crippen LogP contribution in [-0.2, 0) is 4.79 Å². The van der Waals surface area contributed by atoms with Gasteiger partial charge in [-0.05, 0) is 38.3 Å². The van der Waals surface area contributed by atoms with E-state index in [9.17, 15) is 4.79 Å². The lowest BCUT2D eigenvalue weighted by molar-refractivity contribution is -0.131. The number of hydrogen-bond acceptors (Lipinski definition) is 3. The van der Waals surface area contributed by atoms with Gasteiger partial charge in [-0.25, -0.2) is 0 Å². The van der Waals surface area contributed by atoms with Gasteiger partial charge in [0.2, 0.25) is 5.91 Å². The summed E-state index contributed by atoms with van der Waals surface area (Å²) >= 11 is 0. The Labute approximate surface area is 152 Å². The van der Waals surface area contributed by atoms with Crippen LogP contribution in [0.4, 0.5) is 0 Å². The summed E-state index contributed by atoms with van der Waals surface area (Å²) in [6, 6.07) is 11.3. The van der Waals surface area contributed by atoms with Crippen molar-refractivity contribution in [1.82, 2.24) is 14.7 Å². The summed E-state index contributed by atoms with van der Waals surface area (Å²) in [5, 5.41) is 0. The van der Waals surface area contributed by atoms with Gasteiger partial charge in [-0.3, -0.25) is 14.6 Å². The Morgan fingerprint density at radius 3 is 2.42 bits per heavy atom. The van der Waals surface area contributed by atoms with Crippen LogP contribution >= 0.6 is 12.4 Å². The molecule has 0 aromatic heterocycles. The number of hydrogen-bond donors (Lipinski definition) is 0. The van der Waals surface area contributed by atoms with E-state index in [1.165, 1.54) is 5.56 Å². The number of carbonyl (C=O) groups excluding carboxylic acids is 1. The SMILES string of the molecule is CCN(CC)C(=O)CN1C[C@@H]2CN(C)[C@@H](c3ccccc3)[C@@H]2C1.Cl. The van der Waals surface area contributed by atoms with Crippen LogP contribution in [0.5, 0.6) is 0 Å². The zero-order valence-corrected chi connectivity index (χ0v) is 15.8. The van der Waals surface area contributed by atoms with Crippen molar-refractivity contribution in [1.29, 1.82) is 0 Å². The molecule has 3 atom stereocenters. The summed E-state index contributed by atoms with van der Waals surface area (Å²) in [6.45, 7) is 9.56. The maximum absolute atomic E-state index is 12.4. The zero-order chi connectivity index (χ0) is 16.4. The maximum atomic E-state index is 12.4. The molecule has 0 radical (unpaired) electrons. The van der Waals surface area contributed by atoms with Crippen molar-refractivity contribution in [3.05, 3.63) is 35.9 Å². The highest BCUT2D eigenvalue weighted by Crippen LogP contribution is 2.43. The minimum absolute atomic E-state index is 0. The highest BCUT2D eigenvalue weighted by atomic mass is 35.5. The third kappa shape index (κ3) is 3.76. The fourth-order valence-corrected chi connectivity index (χ4v) is 4.50. The van der Waals surface area contributed by atoms with Crippen LogP contribution in [0.2, 0.25) is 0 Å². The smallest absolute Gasteiger partial charge is 0.236 e. The number of carbonyl (C=O) groups is 1. The number of rotatable bonds is 5. The van der Waals surface area contributed by atoms with Gasteiger partial charge in [-0.15, -0.1) is 12.4 Å². The predicted molar refractivity (Wildman–Crippen MR) is 100 cm³/mol. The topological polar surface area (TPSA) is 26.8 Å². The number of benzene rings is 1. The fourth-order valence-electron chi connectivity index (χ4n) is 4.50. The van der Waals surface area contributed by atoms with Gasteiger partial charge in [0.25, 0.3) is 0 Å². The first-order chi connectivity index (χ1) is 11.1. The second kappa shape index (κ2) is 8.32. The number of likely N-dealkylation sites (tertiary alicyclic amines) is 2. The van der Waals surface area contributed by atoms with Crippen molar-refractivity contribution in [2.75, 3.05) is 46.3 Å². The van der Waals surface area contributed by atoms with Crippen molar-refractivity contribution in [2.24, 2.45) is 11.8 Å². The van der Waals surface area contributed by atoms with Gasteiger partial charge >= 0.3 is 0 Å². The summed E-state index contributed by atoms with van der Waals surface area (Å²) in [4.78, 5) is 19.2. The first-order valence-corrected chi connectivity index (χ1v) is 8.89. The van der Waals surface area contributed by atoms with Crippen LogP contribution in [-0.4, -0.2) is 66.9 Å². The summed E-state index contributed by atoms with van der Waals surface area (Å²) < 4.78 is 0. The lowest BCUT2D eigenvalue weighted by Crippen LogP contribution is -2.40. The van der Waals surface area contributed by atoms with Crippen LogP contribution in [0, 0.1) is 11.8 Å². The lowest BCUT2D eigenvalue weighted by atomic mass is 9.90. The number of amides is 1. The summed E-state index contributed by atoms with van der Waals surface area (Å²) in [6.07, 6.45) is 0. The Morgan fingerprint density at radius 1 is 1.12 bits per heavy atom. The highest BCUT2D eigenvalue weighted by molar-refractivity contribution is 5.85. The number of nitrogens with zero attached hydrogens (tertiary/aromatic N) is 3. The molecule has 0 saturated carbocycles.